The third-order valence-electron chi connectivity index (χ3n) is 3.95. The van der Waals surface area contributed by atoms with E-state index in [4.69, 9.17) is 0 Å². The van der Waals surface area contributed by atoms with Crippen LogP contribution in [0.25, 0.3) is 0 Å². The van der Waals surface area contributed by atoms with Crippen molar-refractivity contribution in [3.05, 3.63) is 0 Å². The SMILES string of the molecule is CC(CC1CCCCN1)N1CCCNC(=O)C1. The van der Waals surface area contributed by atoms with E-state index < -0.39 is 0 Å². The molecule has 0 aliphatic carbocycles. The zero-order valence-electron chi connectivity index (χ0n) is 10.9. The highest BCUT2D eigenvalue weighted by Crippen LogP contribution is 2.15. The van der Waals surface area contributed by atoms with Crippen LogP contribution in [0.3, 0.4) is 0 Å². The second-order valence-electron chi connectivity index (χ2n) is 5.41. The van der Waals surface area contributed by atoms with Crippen molar-refractivity contribution < 1.29 is 4.79 Å². The molecule has 4 heteroatoms. The highest BCUT2D eigenvalue weighted by Gasteiger charge is 2.23. The summed E-state index contributed by atoms with van der Waals surface area (Å²) in [4.78, 5) is 13.9. The van der Waals surface area contributed by atoms with Crippen LogP contribution in [0.15, 0.2) is 0 Å². The maximum atomic E-state index is 11.5. The van der Waals surface area contributed by atoms with Crippen molar-refractivity contribution >= 4 is 5.91 Å². The van der Waals surface area contributed by atoms with E-state index in [1.807, 2.05) is 0 Å². The molecule has 1 amide bonds. The Bertz CT molecular complexity index is 251. The van der Waals surface area contributed by atoms with Crippen molar-refractivity contribution in [2.75, 3.05) is 26.2 Å². The van der Waals surface area contributed by atoms with E-state index in [1.54, 1.807) is 0 Å². The van der Waals surface area contributed by atoms with Crippen LogP contribution in [0.1, 0.15) is 39.0 Å². The molecule has 2 atom stereocenters. The summed E-state index contributed by atoms with van der Waals surface area (Å²) in [6.45, 7) is 5.89. The first-order valence-corrected chi connectivity index (χ1v) is 7.00. The van der Waals surface area contributed by atoms with Crippen molar-refractivity contribution in [3.8, 4) is 0 Å². The average Bonchev–Trinajstić information content (AvgIpc) is 2.55. The van der Waals surface area contributed by atoms with Crippen molar-refractivity contribution in [1.82, 2.24) is 15.5 Å². The zero-order chi connectivity index (χ0) is 12.1. The van der Waals surface area contributed by atoms with Crippen molar-refractivity contribution in [2.45, 2.75) is 51.1 Å². The van der Waals surface area contributed by atoms with Crippen LogP contribution in [0.4, 0.5) is 0 Å². The first kappa shape index (κ1) is 12.8. The minimum atomic E-state index is 0.186. The first-order valence-electron chi connectivity index (χ1n) is 7.00. The largest absolute Gasteiger partial charge is 0.355 e. The van der Waals surface area contributed by atoms with Crippen LogP contribution in [-0.4, -0.2) is 49.1 Å². The number of amides is 1. The normalized spacial score (nSPS) is 29.5. The van der Waals surface area contributed by atoms with Crippen molar-refractivity contribution in [3.63, 3.8) is 0 Å². The molecule has 0 spiro atoms. The maximum absolute atomic E-state index is 11.5. The van der Waals surface area contributed by atoms with E-state index >= 15 is 0 Å². The molecule has 17 heavy (non-hydrogen) atoms. The quantitative estimate of drug-likeness (QED) is 0.763. The van der Waals surface area contributed by atoms with Gasteiger partial charge in [-0.25, -0.2) is 0 Å². The Morgan fingerprint density at radius 3 is 3.00 bits per heavy atom. The van der Waals surface area contributed by atoms with Crippen LogP contribution in [0, 0.1) is 0 Å². The number of carbonyl (C=O) groups is 1. The lowest BCUT2D eigenvalue weighted by molar-refractivity contribution is -0.121. The molecule has 98 valence electrons. The predicted octanol–water partition coefficient (Wildman–Crippen LogP) is 0.729. The molecule has 2 saturated heterocycles. The van der Waals surface area contributed by atoms with Crippen molar-refractivity contribution in [1.29, 1.82) is 0 Å². The molecule has 4 nitrogen and oxygen atoms in total. The smallest absolute Gasteiger partial charge is 0.234 e. The summed E-state index contributed by atoms with van der Waals surface area (Å²) in [6.07, 6.45) is 6.22. The van der Waals surface area contributed by atoms with Gasteiger partial charge >= 0.3 is 0 Å². The maximum Gasteiger partial charge on any atom is 0.234 e. The summed E-state index contributed by atoms with van der Waals surface area (Å²) < 4.78 is 0. The lowest BCUT2D eigenvalue weighted by Gasteiger charge is -2.32. The van der Waals surface area contributed by atoms with E-state index in [9.17, 15) is 4.79 Å². The number of nitrogens with zero attached hydrogens (tertiary/aromatic N) is 1. The van der Waals surface area contributed by atoms with E-state index in [1.165, 1.54) is 25.7 Å². The Hall–Kier alpha value is -0.610. The fourth-order valence-corrected chi connectivity index (χ4v) is 2.89. The molecular formula is C13H25N3O. The lowest BCUT2D eigenvalue weighted by atomic mass is 9.98. The molecule has 2 aliphatic rings. The molecule has 0 aromatic rings. The van der Waals surface area contributed by atoms with Gasteiger partial charge in [-0.05, 0) is 39.2 Å². The average molecular weight is 239 g/mol. The van der Waals surface area contributed by atoms with E-state index in [2.05, 4.69) is 22.5 Å². The Kier molecular flexibility index (Phi) is 4.80. The monoisotopic (exact) mass is 239 g/mol. The Labute approximate surface area is 104 Å². The molecule has 2 unspecified atom stereocenters. The summed E-state index contributed by atoms with van der Waals surface area (Å²) in [5, 5.41) is 6.53. The van der Waals surface area contributed by atoms with Gasteiger partial charge < -0.3 is 10.6 Å². The van der Waals surface area contributed by atoms with E-state index in [0.717, 1.165) is 26.1 Å². The van der Waals surface area contributed by atoms with Gasteiger partial charge in [0.05, 0.1) is 6.54 Å². The molecule has 2 aliphatic heterocycles. The summed E-state index contributed by atoms with van der Waals surface area (Å²) in [6, 6.07) is 1.17. The number of nitrogens with one attached hydrogen (secondary N) is 2. The minimum absolute atomic E-state index is 0.186. The second kappa shape index (κ2) is 6.36. The molecule has 2 N–H and O–H groups in total. The van der Waals surface area contributed by atoms with Crippen LogP contribution in [0.5, 0.6) is 0 Å². The highest BCUT2D eigenvalue weighted by atomic mass is 16.2. The van der Waals surface area contributed by atoms with Crippen LogP contribution in [0.2, 0.25) is 0 Å². The lowest BCUT2D eigenvalue weighted by Crippen LogP contribution is -2.44. The second-order valence-corrected chi connectivity index (χ2v) is 5.41. The standard InChI is InChI=1S/C13H25N3O/c1-11(9-12-5-2-3-6-14-12)16-8-4-7-15-13(17)10-16/h11-12,14H,2-10H2,1H3,(H,15,17). The number of carbonyl (C=O) groups excluding carboxylic acids is 1. The van der Waals surface area contributed by atoms with Gasteiger partial charge in [-0.1, -0.05) is 6.42 Å². The molecule has 0 saturated carbocycles. The van der Waals surface area contributed by atoms with Crippen LogP contribution < -0.4 is 10.6 Å². The molecule has 2 rings (SSSR count). The first-order chi connectivity index (χ1) is 8.25. The number of piperidine rings is 1. The summed E-state index contributed by atoms with van der Waals surface area (Å²) in [5.74, 6) is 0.186. The molecule has 0 aromatic heterocycles. The van der Waals surface area contributed by atoms with Gasteiger partial charge in [0, 0.05) is 25.2 Å². The van der Waals surface area contributed by atoms with Gasteiger partial charge in [0.25, 0.3) is 0 Å². The Morgan fingerprint density at radius 1 is 1.35 bits per heavy atom. The van der Waals surface area contributed by atoms with Gasteiger partial charge in [-0.2, -0.15) is 0 Å². The van der Waals surface area contributed by atoms with Crippen LogP contribution in [-0.2, 0) is 4.79 Å². The van der Waals surface area contributed by atoms with Crippen LogP contribution >= 0.6 is 0 Å². The fraction of sp³-hybridized carbons (Fsp3) is 0.923. The molecule has 2 fully saturated rings. The van der Waals surface area contributed by atoms with Gasteiger partial charge in [-0.15, -0.1) is 0 Å². The Balaban J connectivity index is 1.80. The Morgan fingerprint density at radius 2 is 2.24 bits per heavy atom. The van der Waals surface area contributed by atoms with Crippen molar-refractivity contribution in [2.24, 2.45) is 0 Å². The molecular weight excluding hydrogens is 214 g/mol. The summed E-state index contributed by atoms with van der Waals surface area (Å²) in [5.41, 5.74) is 0. The predicted molar refractivity (Wildman–Crippen MR) is 68.9 cm³/mol. The molecule has 0 radical (unpaired) electrons. The van der Waals surface area contributed by atoms with E-state index in [0.29, 0.717) is 18.6 Å². The van der Waals surface area contributed by atoms with Gasteiger partial charge in [0.15, 0.2) is 0 Å². The summed E-state index contributed by atoms with van der Waals surface area (Å²) >= 11 is 0. The van der Waals surface area contributed by atoms with E-state index in [-0.39, 0.29) is 5.91 Å². The number of hydrogen-bond acceptors (Lipinski definition) is 3. The van der Waals surface area contributed by atoms with Gasteiger partial charge in [0.2, 0.25) is 5.91 Å². The fourth-order valence-electron chi connectivity index (χ4n) is 2.89. The highest BCUT2D eigenvalue weighted by molar-refractivity contribution is 5.78. The molecule has 0 bridgehead atoms. The number of hydrogen-bond donors (Lipinski definition) is 2. The summed E-state index contributed by atoms with van der Waals surface area (Å²) in [7, 11) is 0. The van der Waals surface area contributed by atoms with Gasteiger partial charge in [0.1, 0.15) is 0 Å². The topological polar surface area (TPSA) is 44.4 Å². The van der Waals surface area contributed by atoms with Gasteiger partial charge in [-0.3, -0.25) is 9.69 Å². The third-order valence-corrected chi connectivity index (χ3v) is 3.95. The third kappa shape index (κ3) is 3.96. The number of rotatable bonds is 3. The minimum Gasteiger partial charge on any atom is -0.355 e. The zero-order valence-corrected chi connectivity index (χ0v) is 10.9. The molecule has 2 heterocycles. The molecule has 0 aromatic carbocycles.